The topological polar surface area (TPSA) is 126 Å². The molecule has 5 rings (SSSR count). The van der Waals surface area contributed by atoms with Crippen LogP contribution >= 0.6 is 22.7 Å². The molecular formula is C24H20N2O6S4. The van der Waals surface area contributed by atoms with Gasteiger partial charge in [-0.1, -0.05) is 36.4 Å². The average molecular weight is 561 g/mol. The van der Waals surface area contributed by atoms with Crippen molar-refractivity contribution in [3.05, 3.63) is 70.9 Å². The number of thiophene rings is 2. The van der Waals surface area contributed by atoms with Crippen molar-refractivity contribution in [3.8, 4) is 0 Å². The molecule has 0 atom stereocenters. The van der Waals surface area contributed by atoms with Crippen LogP contribution in [0.3, 0.4) is 0 Å². The van der Waals surface area contributed by atoms with Gasteiger partial charge in [0.1, 0.15) is 25.9 Å². The highest BCUT2D eigenvalue weighted by Crippen LogP contribution is 2.42. The summed E-state index contributed by atoms with van der Waals surface area (Å²) in [4.78, 5) is 25.9. The van der Waals surface area contributed by atoms with Gasteiger partial charge in [-0.05, 0) is 40.9 Å². The van der Waals surface area contributed by atoms with Crippen LogP contribution in [0.25, 0.3) is 10.8 Å². The number of rotatable bonds is 7. The Balaban J connectivity index is 1.75. The molecule has 0 radical (unpaired) electrons. The van der Waals surface area contributed by atoms with Crippen LogP contribution in [0, 0.1) is 0 Å². The van der Waals surface area contributed by atoms with Gasteiger partial charge in [0.05, 0.1) is 11.4 Å². The van der Waals surface area contributed by atoms with Crippen LogP contribution in [0.1, 0.15) is 30.7 Å². The number of sulfonamides is 2. The quantitative estimate of drug-likeness (QED) is 0.307. The summed E-state index contributed by atoms with van der Waals surface area (Å²) in [5, 5.41) is 4.05. The monoisotopic (exact) mass is 560 g/mol. The van der Waals surface area contributed by atoms with Crippen molar-refractivity contribution < 1.29 is 26.4 Å². The van der Waals surface area contributed by atoms with E-state index in [2.05, 4.69) is 9.44 Å². The number of benzene rings is 2. The number of hydrogen-bond acceptors (Lipinski definition) is 8. The van der Waals surface area contributed by atoms with Crippen LogP contribution in [0.2, 0.25) is 0 Å². The number of carbonyl (C=O) groups is 2. The Morgan fingerprint density at radius 1 is 0.722 bits per heavy atom. The van der Waals surface area contributed by atoms with E-state index in [4.69, 9.17) is 0 Å². The summed E-state index contributed by atoms with van der Waals surface area (Å²) in [6, 6.07) is 14.2. The summed E-state index contributed by atoms with van der Waals surface area (Å²) >= 11 is 2.08. The molecule has 12 heteroatoms. The van der Waals surface area contributed by atoms with E-state index in [1.165, 1.54) is 18.2 Å². The van der Waals surface area contributed by atoms with E-state index in [-0.39, 0.29) is 49.8 Å². The summed E-state index contributed by atoms with van der Waals surface area (Å²) in [5.41, 5.74) is 0.373. The zero-order valence-electron chi connectivity index (χ0n) is 18.6. The highest BCUT2D eigenvalue weighted by Gasteiger charge is 2.35. The van der Waals surface area contributed by atoms with Crippen molar-refractivity contribution in [1.29, 1.82) is 0 Å². The van der Waals surface area contributed by atoms with Gasteiger partial charge in [0.25, 0.3) is 20.0 Å². The van der Waals surface area contributed by atoms with Gasteiger partial charge in [0.15, 0.2) is 0 Å². The first-order chi connectivity index (χ1) is 17.2. The minimum absolute atomic E-state index is 0.0707. The van der Waals surface area contributed by atoms with E-state index in [0.29, 0.717) is 17.2 Å². The van der Waals surface area contributed by atoms with Gasteiger partial charge >= 0.3 is 0 Å². The molecule has 2 aromatic carbocycles. The summed E-state index contributed by atoms with van der Waals surface area (Å²) in [5.74, 6) is -1.86. The van der Waals surface area contributed by atoms with E-state index in [1.807, 2.05) is 0 Å². The maximum absolute atomic E-state index is 13.2. The lowest BCUT2D eigenvalue weighted by atomic mass is 9.80. The third-order valence-corrected chi connectivity index (χ3v) is 11.4. The molecule has 0 unspecified atom stereocenters. The Morgan fingerprint density at radius 2 is 1.28 bits per heavy atom. The SMILES string of the molecule is O=C1CCCC(=O)C1c1cc(NS(=O)(=O)c2cccs2)c2ccccc2c1NS(=O)(=O)c1cccs1. The molecule has 186 valence electrons. The molecule has 36 heavy (non-hydrogen) atoms. The van der Waals surface area contributed by atoms with Crippen LogP contribution in [-0.4, -0.2) is 28.4 Å². The minimum Gasteiger partial charge on any atom is -0.299 e. The average Bonchev–Trinajstić information content (AvgIpc) is 3.56. The Labute approximate surface area is 216 Å². The summed E-state index contributed by atoms with van der Waals surface area (Å²) in [6.45, 7) is 0. The molecule has 1 aliphatic rings. The van der Waals surface area contributed by atoms with Crippen LogP contribution in [-0.2, 0) is 29.6 Å². The Kier molecular flexibility index (Phi) is 6.45. The molecule has 0 amide bonds. The van der Waals surface area contributed by atoms with Crippen LogP contribution in [0.5, 0.6) is 0 Å². The maximum atomic E-state index is 13.2. The normalized spacial score (nSPS) is 15.3. The van der Waals surface area contributed by atoms with Crippen LogP contribution in [0.15, 0.2) is 73.8 Å². The highest BCUT2D eigenvalue weighted by molar-refractivity contribution is 7.95. The van der Waals surface area contributed by atoms with Crippen molar-refractivity contribution in [1.82, 2.24) is 0 Å². The molecule has 4 aromatic rings. The standard InChI is InChI=1S/C24H20N2O6S4/c27-19-8-3-9-20(28)23(19)17-14-18(25-35(29,30)21-10-4-12-33-21)15-6-1-2-7-16(15)24(17)26-36(31,32)22-11-5-13-34-22/h1-2,4-7,10-14,23,25-26H,3,8-9H2. The van der Waals surface area contributed by atoms with Crippen LogP contribution < -0.4 is 9.44 Å². The maximum Gasteiger partial charge on any atom is 0.271 e. The molecular weight excluding hydrogens is 541 g/mol. The van der Waals surface area contributed by atoms with Crippen molar-refractivity contribution >= 4 is 76.4 Å². The lowest BCUT2D eigenvalue weighted by molar-refractivity contribution is -0.131. The smallest absolute Gasteiger partial charge is 0.271 e. The fourth-order valence-corrected chi connectivity index (χ4v) is 8.45. The van der Waals surface area contributed by atoms with E-state index in [0.717, 1.165) is 22.7 Å². The van der Waals surface area contributed by atoms with Crippen molar-refractivity contribution in [2.75, 3.05) is 9.44 Å². The summed E-state index contributed by atoms with van der Waals surface area (Å²) < 4.78 is 57.8. The predicted octanol–water partition coefficient (Wildman–Crippen LogP) is 4.97. The molecule has 0 spiro atoms. The van der Waals surface area contributed by atoms with Crippen molar-refractivity contribution in [3.63, 3.8) is 0 Å². The molecule has 2 aromatic heterocycles. The first-order valence-corrected chi connectivity index (χ1v) is 15.6. The first kappa shape index (κ1) is 24.6. The predicted molar refractivity (Wildman–Crippen MR) is 141 cm³/mol. The largest absolute Gasteiger partial charge is 0.299 e. The third-order valence-electron chi connectivity index (χ3n) is 5.88. The Hall–Kier alpha value is -3.06. The molecule has 2 N–H and O–H groups in total. The van der Waals surface area contributed by atoms with Gasteiger partial charge < -0.3 is 0 Å². The van der Waals surface area contributed by atoms with Gasteiger partial charge in [0, 0.05) is 23.6 Å². The molecule has 1 aliphatic carbocycles. The molecule has 2 heterocycles. The summed E-state index contributed by atoms with van der Waals surface area (Å²) in [6.07, 6.45) is 0.781. The number of nitrogens with one attached hydrogen (secondary N) is 2. The van der Waals surface area contributed by atoms with E-state index >= 15 is 0 Å². The van der Waals surface area contributed by atoms with Crippen LogP contribution in [0.4, 0.5) is 11.4 Å². The second-order valence-corrected chi connectivity index (χ2v) is 13.9. The van der Waals surface area contributed by atoms with Crippen molar-refractivity contribution in [2.45, 2.75) is 33.6 Å². The van der Waals surface area contributed by atoms with Gasteiger partial charge in [-0.2, -0.15) is 0 Å². The van der Waals surface area contributed by atoms with Gasteiger partial charge in [-0.15, -0.1) is 22.7 Å². The zero-order valence-corrected chi connectivity index (χ0v) is 21.9. The van der Waals surface area contributed by atoms with E-state index < -0.39 is 26.0 Å². The molecule has 1 fully saturated rings. The van der Waals surface area contributed by atoms with E-state index in [1.54, 1.807) is 47.2 Å². The van der Waals surface area contributed by atoms with E-state index in [9.17, 15) is 26.4 Å². The van der Waals surface area contributed by atoms with Gasteiger partial charge in [-0.3, -0.25) is 19.0 Å². The number of hydrogen-bond donors (Lipinski definition) is 2. The number of Topliss-reactive ketones (excluding diaryl/α,β-unsaturated/α-hetero) is 2. The number of anilines is 2. The number of carbonyl (C=O) groups excluding carboxylic acids is 2. The fourth-order valence-electron chi connectivity index (χ4n) is 4.29. The lowest BCUT2D eigenvalue weighted by Crippen LogP contribution is -2.28. The molecule has 0 bridgehead atoms. The molecule has 1 saturated carbocycles. The molecule has 0 aliphatic heterocycles. The number of ketones is 2. The highest BCUT2D eigenvalue weighted by atomic mass is 32.3. The van der Waals surface area contributed by atoms with Gasteiger partial charge in [0.2, 0.25) is 0 Å². The second-order valence-electron chi connectivity index (χ2n) is 8.23. The second kappa shape index (κ2) is 9.43. The number of fused-ring (bicyclic) bond motifs is 1. The fraction of sp³-hybridized carbons (Fsp3) is 0.167. The van der Waals surface area contributed by atoms with Gasteiger partial charge in [-0.25, -0.2) is 16.8 Å². The third kappa shape index (κ3) is 4.57. The molecule has 8 nitrogen and oxygen atoms in total. The molecule has 0 saturated heterocycles. The Bertz CT molecular complexity index is 1660. The zero-order chi connectivity index (χ0) is 25.5. The summed E-state index contributed by atoms with van der Waals surface area (Å²) in [7, 11) is -7.99. The van der Waals surface area contributed by atoms with Crippen molar-refractivity contribution in [2.24, 2.45) is 0 Å². The minimum atomic E-state index is -4.03. The first-order valence-electron chi connectivity index (χ1n) is 10.9. The lowest BCUT2D eigenvalue weighted by Gasteiger charge is -2.25. The Morgan fingerprint density at radius 3 is 1.83 bits per heavy atom.